The maximum Gasteiger partial charge on any atom is 0.0713 e. The molecular weight excluding hydrogens is 845 g/mol. The summed E-state index contributed by atoms with van der Waals surface area (Å²) in [6.45, 7) is 27.2. The van der Waals surface area contributed by atoms with E-state index in [1.54, 1.807) is 0 Å². The molecule has 2 heteroatoms. The molecule has 1 aliphatic rings. The van der Waals surface area contributed by atoms with E-state index < -0.39 is 5.41 Å². The van der Waals surface area contributed by atoms with Crippen LogP contribution in [-0.4, -0.2) is 0 Å². The van der Waals surface area contributed by atoms with Crippen molar-refractivity contribution in [3.8, 4) is 11.1 Å². The van der Waals surface area contributed by atoms with E-state index in [1.807, 2.05) is 0 Å². The number of hydrogen-bond acceptors (Lipinski definition) is 2. The van der Waals surface area contributed by atoms with Gasteiger partial charge >= 0.3 is 0 Å². The van der Waals surface area contributed by atoms with E-state index in [4.69, 9.17) is 0 Å². The maximum absolute atomic E-state index is 2.46. The molecule has 0 radical (unpaired) electrons. The molecule has 0 fully saturated rings. The van der Waals surface area contributed by atoms with Crippen LogP contribution in [0.5, 0.6) is 0 Å². The molecule has 0 aliphatic heterocycles. The van der Waals surface area contributed by atoms with Crippen molar-refractivity contribution >= 4 is 44.9 Å². The topological polar surface area (TPSA) is 6.48 Å². The number of rotatable bonds is 8. The Hall–Kier alpha value is -7.16. The quantitative estimate of drug-likeness (QED) is 0.150. The lowest BCUT2D eigenvalue weighted by atomic mass is 9.67. The van der Waals surface area contributed by atoms with Gasteiger partial charge in [0.1, 0.15) is 0 Å². The zero-order chi connectivity index (χ0) is 49.3. The van der Waals surface area contributed by atoms with Crippen LogP contribution in [0.4, 0.5) is 34.1 Å². The molecule has 9 aromatic carbocycles. The van der Waals surface area contributed by atoms with E-state index in [0.29, 0.717) is 0 Å². The standard InChI is InChI=1S/C68H68N2/c1-45-17-21-51(22-18-45)68(61-43-46(2)19-39-57(61)58-40-20-47(3)44-62(58)68)52-29-37-56(38-30-52)70(55-35-27-50(28-36-55)67(10,11)12)64-42-41-63(59-15-13-14-16-60(59)64)69(53-31-23-48(24-32-53)65(4,5)6)54-33-25-49(26-34-54)66(7,8)9/h13-44H,1-12H3. The average Bonchev–Trinajstić information content (AvgIpc) is 3.61. The predicted octanol–water partition coefficient (Wildman–Crippen LogP) is 19.0. The first-order chi connectivity index (χ1) is 33.3. The fourth-order valence-corrected chi connectivity index (χ4v) is 10.8. The molecule has 9 aromatic rings. The van der Waals surface area contributed by atoms with Crippen LogP contribution in [0.25, 0.3) is 21.9 Å². The van der Waals surface area contributed by atoms with Crippen LogP contribution in [0.2, 0.25) is 0 Å². The zero-order valence-electron chi connectivity index (χ0n) is 43.4. The fourth-order valence-electron chi connectivity index (χ4n) is 10.8. The molecule has 0 atom stereocenters. The number of aryl methyl sites for hydroxylation is 3. The highest BCUT2D eigenvalue weighted by atomic mass is 15.2. The van der Waals surface area contributed by atoms with Crippen LogP contribution in [0.3, 0.4) is 0 Å². The molecule has 0 saturated carbocycles. The van der Waals surface area contributed by atoms with E-state index in [0.717, 1.165) is 34.1 Å². The van der Waals surface area contributed by atoms with Crippen LogP contribution < -0.4 is 9.80 Å². The summed E-state index contributed by atoms with van der Waals surface area (Å²) in [6.07, 6.45) is 0. The zero-order valence-corrected chi connectivity index (χ0v) is 43.4. The Morgan fingerprint density at radius 3 is 0.943 bits per heavy atom. The highest BCUT2D eigenvalue weighted by molar-refractivity contribution is 6.07. The van der Waals surface area contributed by atoms with Gasteiger partial charge in [0.15, 0.2) is 0 Å². The minimum Gasteiger partial charge on any atom is -0.310 e. The molecule has 70 heavy (non-hydrogen) atoms. The molecule has 0 aromatic heterocycles. The lowest BCUT2D eigenvalue weighted by Gasteiger charge is -2.35. The molecule has 0 amide bonds. The van der Waals surface area contributed by atoms with Crippen LogP contribution in [0.15, 0.2) is 194 Å². The molecule has 0 saturated heterocycles. The van der Waals surface area contributed by atoms with Gasteiger partial charge in [0.05, 0.1) is 16.8 Å². The summed E-state index contributed by atoms with van der Waals surface area (Å²) >= 11 is 0. The molecule has 0 unspecified atom stereocenters. The summed E-state index contributed by atoms with van der Waals surface area (Å²) in [5, 5.41) is 2.35. The maximum atomic E-state index is 2.46. The highest BCUT2D eigenvalue weighted by Crippen LogP contribution is 2.57. The first-order valence-electron chi connectivity index (χ1n) is 25.2. The van der Waals surface area contributed by atoms with Gasteiger partial charge in [0, 0.05) is 33.5 Å². The fraction of sp³-hybridized carbons (Fsp3) is 0.235. The first-order valence-corrected chi connectivity index (χ1v) is 25.2. The van der Waals surface area contributed by atoms with Gasteiger partial charge in [-0.3, -0.25) is 0 Å². The van der Waals surface area contributed by atoms with Crippen molar-refractivity contribution in [2.24, 2.45) is 0 Å². The van der Waals surface area contributed by atoms with Crippen LogP contribution in [0, 0.1) is 20.8 Å². The summed E-state index contributed by atoms with van der Waals surface area (Å²) in [6, 6.07) is 74.0. The predicted molar refractivity (Wildman–Crippen MR) is 301 cm³/mol. The Balaban J connectivity index is 1.17. The number of anilines is 6. The molecule has 1 aliphatic carbocycles. The van der Waals surface area contributed by atoms with E-state index >= 15 is 0 Å². The minimum absolute atomic E-state index is 0.0217. The third kappa shape index (κ3) is 8.22. The van der Waals surface area contributed by atoms with Crippen molar-refractivity contribution in [1.29, 1.82) is 0 Å². The second-order valence-corrected chi connectivity index (χ2v) is 23.0. The molecule has 0 N–H and O–H groups in total. The van der Waals surface area contributed by atoms with Crippen LogP contribution in [-0.2, 0) is 21.7 Å². The Morgan fingerprint density at radius 2 is 0.614 bits per heavy atom. The van der Waals surface area contributed by atoms with Gasteiger partial charge in [-0.2, -0.15) is 0 Å². The van der Waals surface area contributed by atoms with Crippen molar-refractivity contribution in [3.63, 3.8) is 0 Å². The molecule has 10 rings (SSSR count). The van der Waals surface area contributed by atoms with Gasteiger partial charge < -0.3 is 9.80 Å². The molecule has 0 spiro atoms. The smallest absolute Gasteiger partial charge is 0.0713 e. The number of fused-ring (bicyclic) bond motifs is 4. The largest absolute Gasteiger partial charge is 0.310 e. The molecule has 0 heterocycles. The first kappa shape index (κ1) is 46.6. The SMILES string of the molecule is Cc1ccc(C2(c3ccc(N(c4ccc(C(C)(C)C)cc4)c4ccc(N(c5ccc(C(C)(C)C)cc5)c5ccc(C(C)(C)C)cc5)c5ccccc45)cc3)c3cc(C)ccc3-c3ccc(C)cc32)cc1. The van der Waals surface area contributed by atoms with Crippen molar-refractivity contribution < 1.29 is 0 Å². The number of nitrogens with zero attached hydrogens (tertiary/aromatic N) is 2. The molecule has 0 bridgehead atoms. The van der Waals surface area contributed by atoms with Crippen LogP contribution >= 0.6 is 0 Å². The summed E-state index contributed by atoms with van der Waals surface area (Å²) in [7, 11) is 0. The van der Waals surface area contributed by atoms with E-state index in [1.165, 1.54) is 77.5 Å². The molecule has 2 nitrogen and oxygen atoms in total. The highest BCUT2D eigenvalue weighted by Gasteiger charge is 2.46. The van der Waals surface area contributed by atoms with Gasteiger partial charge in [-0.15, -0.1) is 0 Å². The van der Waals surface area contributed by atoms with Crippen molar-refractivity contribution in [2.75, 3.05) is 9.80 Å². The second-order valence-electron chi connectivity index (χ2n) is 23.0. The summed E-state index contributed by atoms with van der Waals surface area (Å²) in [5.41, 5.74) is 21.9. The van der Waals surface area contributed by atoms with Gasteiger partial charge in [-0.25, -0.2) is 0 Å². The Morgan fingerprint density at radius 1 is 0.314 bits per heavy atom. The second kappa shape index (κ2) is 17.4. The Labute approximate surface area is 418 Å². The van der Waals surface area contributed by atoms with E-state index in [-0.39, 0.29) is 16.2 Å². The van der Waals surface area contributed by atoms with Crippen molar-refractivity contribution in [1.82, 2.24) is 0 Å². The third-order valence-electron chi connectivity index (χ3n) is 14.8. The summed E-state index contributed by atoms with van der Waals surface area (Å²) in [5.74, 6) is 0. The van der Waals surface area contributed by atoms with E-state index in [2.05, 4.69) is 287 Å². The average molecular weight is 913 g/mol. The number of benzene rings is 9. The normalized spacial score (nSPS) is 13.3. The monoisotopic (exact) mass is 913 g/mol. The minimum atomic E-state index is -0.498. The lowest BCUT2D eigenvalue weighted by molar-refractivity contribution is 0.590. The molecular formula is C68H68N2. The van der Waals surface area contributed by atoms with Crippen LogP contribution in [0.1, 0.15) is 118 Å². The Kier molecular flexibility index (Phi) is 11.5. The van der Waals surface area contributed by atoms with Gasteiger partial charge in [0.2, 0.25) is 0 Å². The summed E-state index contributed by atoms with van der Waals surface area (Å²) < 4.78 is 0. The van der Waals surface area contributed by atoms with Crippen molar-refractivity contribution in [2.45, 2.75) is 105 Å². The number of hydrogen-bond donors (Lipinski definition) is 0. The molecule has 350 valence electrons. The van der Waals surface area contributed by atoms with E-state index in [9.17, 15) is 0 Å². The Bertz CT molecular complexity index is 3240. The van der Waals surface area contributed by atoms with Gasteiger partial charge in [-0.1, -0.05) is 212 Å². The summed E-state index contributed by atoms with van der Waals surface area (Å²) in [4.78, 5) is 4.90. The van der Waals surface area contributed by atoms with Gasteiger partial charge in [-0.05, 0) is 148 Å². The lowest BCUT2D eigenvalue weighted by Crippen LogP contribution is -2.29. The van der Waals surface area contributed by atoms with Crippen molar-refractivity contribution in [3.05, 3.63) is 250 Å². The van der Waals surface area contributed by atoms with Gasteiger partial charge in [0.25, 0.3) is 0 Å². The third-order valence-corrected chi connectivity index (χ3v) is 14.8.